The van der Waals surface area contributed by atoms with Crippen LogP contribution in [0.1, 0.15) is 43.0 Å². The van der Waals surface area contributed by atoms with Crippen molar-refractivity contribution in [3.05, 3.63) is 60.3 Å². The number of hydrogen-bond acceptors (Lipinski definition) is 8. The van der Waals surface area contributed by atoms with Gasteiger partial charge in [0.15, 0.2) is 0 Å². The molecule has 0 saturated carbocycles. The molecule has 0 atom stereocenters. The van der Waals surface area contributed by atoms with Crippen LogP contribution in [-0.4, -0.2) is 58.1 Å². The molecule has 5 rings (SSSR count). The summed E-state index contributed by atoms with van der Waals surface area (Å²) in [5.41, 5.74) is 2.03. The lowest BCUT2D eigenvalue weighted by Gasteiger charge is -2.31. The molecule has 3 aromatic rings. The van der Waals surface area contributed by atoms with Crippen molar-refractivity contribution in [2.45, 2.75) is 38.1 Å². The van der Waals surface area contributed by atoms with Gasteiger partial charge in [0, 0.05) is 44.1 Å². The fourth-order valence-electron chi connectivity index (χ4n) is 4.59. The third-order valence-corrected chi connectivity index (χ3v) is 6.41. The topological polar surface area (TPSA) is 76.5 Å². The van der Waals surface area contributed by atoms with Gasteiger partial charge in [0.2, 0.25) is 11.8 Å². The van der Waals surface area contributed by atoms with Crippen molar-refractivity contribution in [1.82, 2.24) is 24.8 Å². The molecular formula is C25H30N6O2. The molecule has 0 aliphatic carbocycles. The number of nitrogens with zero attached hydrogens (tertiary/aromatic N) is 6. The van der Waals surface area contributed by atoms with E-state index in [0.29, 0.717) is 11.8 Å². The van der Waals surface area contributed by atoms with Crippen molar-refractivity contribution >= 4 is 5.95 Å². The molecule has 0 N–H and O–H groups in total. The SMILES string of the molecule is COc1ccc(Oc2nccnc2C2CCN(Cc3ccnc(N4CCCC4)n3)CC2)cc1. The highest BCUT2D eigenvalue weighted by molar-refractivity contribution is 5.35. The van der Waals surface area contributed by atoms with Gasteiger partial charge in [0.05, 0.1) is 12.8 Å². The normalized spacial score (nSPS) is 17.3. The van der Waals surface area contributed by atoms with E-state index in [0.717, 1.165) is 74.4 Å². The highest BCUT2D eigenvalue weighted by atomic mass is 16.5. The second kappa shape index (κ2) is 10.1. The van der Waals surface area contributed by atoms with Crippen molar-refractivity contribution < 1.29 is 9.47 Å². The van der Waals surface area contributed by atoms with Crippen LogP contribution in [0.15, 0.2) is 48.9 Å². The lowest BCUT2D eigenvalue weighted by Crippen LogP contribution is -2.33. The van der Waals surface area contributed by atoms with E-state index in [4.69, 9.17) is 14.5 Å². The zero-order valence-corrected chi connectivity index (χ0v) is 19.1. The first-order valence-electron chi connectivity index (χ1n) is 11.7. The van der Waals surface area contributed by atoms with Crippen molar-refractivity contribution in [1.29, 1.82) is 0 Å². The third-order valence-electron chi connectivity index (χ3n) is 6.41. The monoisotopic (exact) mass is 446 g/mol. The van der Waals surface area contributed by atoms with Gasteiger partial charge in [-0.05, 0) is 69.1 Å². The molecule has 0 amide bonds. The number of rotatable bonds is 7. The fraction of sp³-hybridized carbons (Fsp3) is 0.440. The van der Waals surface area contributed by atoms with E-state index in [1.165, 1.54) is 12.8 Å². The summed E-state index contributed by atoms with van der Waals surface area (Å²) in [6.45, 7) is 4.96. The number of aromatic nitrogens is 4. The average Bonchev–Trinajstić information content (AvgIpc) is 3.41. The van der Waals surface area contributed by atoms with Gasteiger partial charge in [0.25, 0.3) is 0 Å². The highest BCUT2D eigenvalue weighted by Crippen LogP contribution is 2.34. The van der Waals surface area contributed by atoms with Gasteiger partial charge in [-0.2, -0.15) is 0 Å². The van der Waals surface area contributed by atoms with Crippen molar-refractivity contribution in [2.75, 3.05) is 38.2 Å². The molecule has 0 radical (unpaired) electrons. The lowest BCUT2D eigenvalue weighted by molar-refractivity contribution is 0.199. The number of ether oxygens (including phenoxy) is 2. The first kappa shape index (κ1) is 21.6. The van der Waals surface area contributed by atoms with E-state index in [-0.39, 0.29) is 0 Å². The molecule has 4 heterocycles. The Morgan fingerprint density at radius 2 is 1.58 bits per heavy atom. The summed E-state index contributed by atoms with van der Waals surface area (Å²) in [5, 5.41) is 0. The Hall–Kier alpha value is -3.26. The van der Waals surface area contributed by atoms with Gasteiger partial charge in [-0.15, -0.1) is 0 Å². The zero-order chi connectivity index (χ0) is 22.5. The standard InChI is InChI=1S/C25H30N6O2/c1-32-21-4-6-22(7-5-21)33-24-23(26-12-13-27-24)19-9-16-30(17-10-19)18-20-8-11-28-25(29-20)31-14-2-3-15-31/h4-8,11-13,19H,2-3,9-10,14-18H2,1H3. The minimum Gasteiger partial charge on any atom is -0.497 e. The number of hydrogen-bond donors (Lipinski definition) is 0. The van der Waals surface area contributed by atoms with Gasteiger partial charge in [-0.3, -0.25) is 9.88 Å². The van der Waals surface area contributed by atoms with E-state index in [1.807, 2.05) is 36.5 Å². The molecule has 8 heteroatoms. The summed E-state index contributed by atoms with van der Waals surface area (Å²) in [7, 11) is 1.65. The van der Waals surface area contributed by atoms with Crippen LogP contribution in [-0.2, 0) is 6.54 Å². The van der Waals surface area contributed by atoms with Crippen LogP contribution in [0.2, 0.25) is 0 Å². The number of methoxy groups -OCH3 is 1. The van der Waals surface area contributed by atoms with Crippen LogP contribution in [0.3, 0.4) is 0 Å². The molecule has 2 aromatic heterocycles. The average molecular weight is 447 g/mol. The second-order valence-corrected chi connectivity index (χ2v) is 8.62. The molecular weight excluding hydrogens is 416 g/mol. The van der Waals surface area contributed by atoms with Crippen LogP contribution in [0, 0.1) is 0 Å². The van der Waals surface area contributed by atoms with E-state index in [9.17, 15) is 0 Å². The largest absolute Gasteiger partial charge is 0.497 e. The molecule has 2 aliphatic rings. The molecule has 0 spiro atoms. The molecule has 0 bridgehead atoms. The van der Waals surface area contributed by atoms with Gasteiger partial charge in [-0.1, -0.05) is 0 Å². The summed E-state index contributed by atoms with van der Waals surface area (Å²) in [4.78, 5) is 23.2. The number of piperidine rings is 1. The molecule has 33 heavy (non-hydrogen) atoms. The molecule has 1 aromatic carbocycles. The van der Waals surface area contributed by atoms with Gasteiger partial charge >= 0.3 is 0 Å². The first-order valence-corrected chi connectivity index (χ1v) is 11.7. The molecule has 2 fully saturated rings. The van der Waals surface area contributed by atoms with Crippen LogP contribution >= 0.6 is 0 Å². The molecule has 8 nitrogen and oxygen atoms in total. The number of benzene rings is 1. The first-order chi connectivity index (χ1) is 16.3. The van der Waals surface area contributed by atoms with E-state index < -0.39 is 0 Å². The van der Waals surface area contributed by atoms with Crippen molar-refractivity contribution in [3.63, 3.8) is 0 Å². The smallest absolute Gasteiger partial charge is 0.241 e. The van der Waals surface area contributed by atoms with Crippen LogP contribution in [0.4, 0.5) is 5.95 Å². The van der Waals surface area contributed by atoms with Crippen LogP contribution in [0.5, 0.6) is 17.4 Å². The van der Waals surface area contributed by atoms with E-state index >= 15 is 0 Å². The quantitative estimate of drug-likeness (QED) is 0.538. The molecule has 2 aliphatic heterocycles. The number of likely N-dealkylation sites (tertiary alicyclic amines) is 1. The second-order valence-electron chi connectivity index (χ2n) is 8.62. The minimum absolute atomic E-state index is 0.328. The Kier molecular flexibility index (Phi) is 6.62. The Morgan fingerprint density at radius 1 is 0.848 bits per heavy atom. The van der Waals surface area contributed by atoms with Gasteiger partial charge < -0.3 is 14.4 Å². The summed E-state index contributed by atoms with van der Waals surface area (Å²) in [6.07, 6.45) is 9.82. The van der Waals surface area contributed by atoms with Crippen molar-refractivity contribution in [3.8, 4) is 17.4 Å². The fourth-order valence-corrected chi connectivity index (χ4v) is 4.59. The summed E-state index contributed by atoms with van der Waals surface area (Å²) < 4.78 is 11.3. The zero-order valence-electron chi connectivity index (χ0n) is 19.1. The summed E-state index contributed by atoms with van der Waals surface area (Å²) >= 11 is 0. The Balaban J connectivity index is 1.20. The Morgan fingerprint density at radius 3 is 2.33 bits per heavy atom. The lowest BCUT2D eigenvalue weighted by atomic mass is 9.93. The summed E-state index contributed by atoms with van der Waals surface area (Å²) in [6, 6.07) is 9.57. The predicted molar refractivity (Wildman–Crippen MR) is 126 cm³/mol. The van der Waals surface area contributed by atoms with Crippen LogP contribution in [0.25, 0.3) is 0 Å². The maximum Gasteiger partial charge on any atom is 0.241 e. The molecule has 172 valence electrons. The Labute approximate surface area is 194 Å². The predicted octanol–water partition coefficient (Wildman–Crippen LogP) is 4.05. The number of anilines is 1. The van der Waals surface area contributed by atoms with Gasteiger partial charge in [0.1, 0.15) is 17.2 Å². The molecule has 0 unspecified atom stereocenters. The van der Waals surface area contributed by atoms with Crippen LogP contribution < -0.4 is 14.4 Å². The highest BCUT2D eigenvalue weighted by Gasteiger charge is 2.26. The summed E-state index contributed by atoms with van der Waals surface area (Å²) in [5.74, 6) is 3.32. The maximum atomic E-state index is 6.08. The minimum atomic E-state index is 0.328. The van der Waals surface area contributed by atoms with E-state index in [1.54, 1.807) is 19.5 Å². The van der Waals surface area contributed by atoms with Crippen molar-refractivity contribution in [2.24, 2.45) is 0 Å². The maximum absolute atomic E-state index is 6.08. The van der Waals surface area contributed by atoms with E-state index in [2.05, 4.69) is 24.8 Å². The van der Waals surface area contributed by atoms with Gasteiger partial charge in [-0.25, -0.2) is 15.0 Å². The third kappa shape index (κ3) is 5.22. The Bertz CT molecular complexity index is 1050. The molecule has 2 saturated heterocycles.